The maximum atomic E-state index is 2.44. The summed E-state index contributed by atoms with van der Waals surface area (Å²) in [5.74, 6) is 0.516. The number of hydrogen-bond acceptors (Lipinski definition) is 0. The summed E-state index contributed by atoms with van der Waals surface area (Å²) in [6, 6.07) is 44.2. The number of benzene rings is 5. The molecule has 1 aliphatic rings. The van der Waals surface area contributed by atoms with E-state index in [1.807, 2.05) is 0 Å². The SMILES string of the molecule is CC1CC=Cc2c1c1ccccc1n2-c1cccc(-c2cccc(-n3c4ccccc4c4ccccc43)c2)c1. The van der Waals surface area contributed by atoms with Gasteiger partial charge in [-0.2, -0.15) is 0 Å². The van der Waals surface area contributed by atoms with E-state index in [0.29, 0.717) is 5.92 Å². The van der Waals surface area contributed by atoms with Gasteiger partial charge < -0.3 is 9.13 Å². The molecule has 1 unspecified atom stereocenters. The van der Waals surface area contributed by atoms with Gasteiger partial charge in [0.1, 0.15) is 0 Å². The minimum absolute atomic E-state index is 0.516. The average molecular weight is 501 g/mol. The minimum Gasteiger partial charge on any atom is -0.310 e. The van der Waals surface area contributed by atoms with E-state index < -0.39 is 0 Å². The van der Waals surface area contributed by atoms with Crippen LogP contribution in [0, 0.1) is 0 Å². The molecule has 2 aromatic heterocycles. The zero-order valence-corrected chi connectivity index (χ0v) is 21.9. The first-order valence-corrected chi connectivity index (χ1v) is 13.8. The van der Waals surface area contributed by atoms with Crippen LogP contribution in [-0.4, -0.2) is 9.13 Å². The summed E-state index contributed by atoms with van der Waals surface area (Å²) in [4.78, 5) is 0. The van der Waals surface area contributed by atoms with Gasteiger partial charge in [-0.05, 0) is 77.6 Å². The first kappa shape index (κ1) is 22.2. The first-order chi connectivity index (χ1) is 19.3. The highest BCUT2D eigenvalue weighted by molar-refractivity contribution is 6.09. The van der Waals surface area contributed by atoms with E-state index in [-0.39, 0.29) is 0 Å². The van der Waals surface area contributed by atoms with Crippen molar-refractivity contribution in [3.8, 4) is 22.5 Å². The van der Waals surface area contributed by atoms with Gasteiger partial charge in [0.05, 0.1) is 16.6 Å². The number of allylic oxidation sites excluding steroid dienone is 1. The molecule has 39 heavy (non-hydrogen) atoms. The Morgan fingerprint density at radius 3 is 1.67 bits per heavy atom. The van der Waals surface area contributed by atoms with Crippen LogP contribution in [-0.2, 0) is 0 Å². The smallest absolute Gasteiger partial charge is 0.0541 e. The molecule has 5 aromatic carbocycles. The lowest BCUT2D eigenvalue weighted by atomic mass is 9.91. The van der Waals surface area contributed by atoms with Gasteiger partial charge in [-0.15, -0.1) is 0 Å². The molecule has 0 aliphatic heterocycles. The molecule has 2 heteroatoms. The molecule has 186 valence electrons. The predicted molar refractivity (Wildman–Crippen MR) is 165 cm³/mol. The van der Waals surface area contributed by atoms with Gasteiger partial charge in [-0.3, -0.25) is 0 Å². The Kier molecular flexibility index (Phi) is 4.90. The molecule has 1 aliphatic carbocycles. The van der Waals surface area contributed by atoms with Crippen LogP contribution in [0.5, 0.6) is 0 Å². The van der Waals surface area contributed by atoms with Gasteiger partial charge in [0.25, 0.3) is 0 Å². The Morgan fingerprint density at radius 2 is 1.05 bits per heavy atom. The van der Waals surface area contributed by atoms with Crippen LogP contribution < -0.4 is 0 Å². The van der Waals surface area contributed by atoms with Crippen LogP contribution in [0.25, 0.3) is 61.3 Å². The summed E-state index contributed by atoms with van der Waals surface area (Å²) < 4.78 is 4.83. The second kappa shape index (κ2) is 8.61. The highest BCUT2D eigenvalue weighted by Crippen LogP contribution is 2.40. The molecule has 0 amide bonds. The summed E-state index contributed by atoms with van der Waals surface area (Å²) in [7, 11) is 0. The number of hydrogen-bond donors (Lipinski definition) is 0. The molecule has 0 radical (unpaired) electrons. The Bertz CT molecular complexity index is 2010. The quantitative estimate of drug-likeness (QED) is 0.228. The van der Waals surface area contributed by atoms with Gasteiger partial charge in [0.2, 0.25) is 0 Å². The summed E-state index contributed by atoms with van der Waals surface area (Å²) in [5.41, 5.74) is 11.3. The average Bonchev–Trinajstić information content (AvgIpc) is 3.51. The highest BCUT2D eigenvalue weighted by atomic mass is 15.0. The number of rotatable bonds is 3. The lowest BCUT2D eigenvalue weighted by molar-refractivity contribution is 0.773. The fourth-order valence-electron chi connectivity index (χ4n) is 6.60. The zero-order chi connectivity index (χ0) is 25.9. The third kappa shape index (κ3) is 3.35. The van der Waals surface area contributed by atoms with Crippen LogP contribution in [0.3, 0.4) is 0 Å². The van der Waals surface area contributed by atoms with Crippen molar-refractivity contribution in [1.82, 2.24) is 9.13 Å². The van der Waals surface area contributed by atoms with E-state index in [1.54, 1.807) is 0 Å². The van der Waals surface area contributed by atoms with E-state index in [9.17, 15) is 0 Å². The summed E-state index contributed by atoms with van der Waals surface area (Å²) >= 11 is 0. The maximum Gasteiger partial charge on any atom is 0.0541 e. The van der Waals surface area contributed by atoms with Gasteiger partial charge in [-0.25, -0.2) is 0 Å². The number of nitrogens with zero attached hydrogens (tertiary/aromatic N) is 2. The van der Waals surface area contributed by atoms with Crippen LogP contribution in [0.15, 0.2) is 127 Å². The summed E-state index contributed by atoms with van der Waals surface area (Å²) in [6.45, 7) is 2.34. The molecule has 2 heterocycles. The van der Waals surface area contributed by atoms with E-state index in [0.717, 1.165) is 6.42 Å². The Morgan fingerprint density at radius 1 is 0.538 bits per heavy atom. The van der Waals surface area contributed by atoms with Crippen molar-refractivity contribution in [1.29, 1.82) is 0 Å². The Balaban J connectivity index is 1.30. The predicted octanol–water partition coefficient (Wildman–Crippen LogP) is 9.91. The summed E-state index contributed by atoms with van der Waals surface area (Å²) in [5, 5.41) is 3.93. The van der Waals surface area contributed by atoms with E-state index in [2.05, 4.69) is 150 Å². The van der Waals surface area contributed by atoms with Crippen molar-refractivity contribution < 1.29 is 0 Å². The molecule has 0 bridgehead atoms. The van der Waals surface area contributed by atoms with E-state index in [1.165, 1.54) is 66.5 Å². The van der Waals surface area contributed by atoms with Crippen molar-refractivity contribution in [2.75, 3.05) is 0 Å². The third-order valence-corrected chi connectivity index (χ3v) is 8.33. The largest absolute Gasteiger partial charge is 0.310 e. The number of para-hydroxylation sites is 3. The lowest BCUT2D eigenvalue weighted by Crippen LogP contribution is -2.03. The molecule has 8 rings (SSSR count). The topological polar surface area (TPSA) is 9.86 Å². The van der Waals surface area contributed by atoms with Crippen molar-refractivity contribution in [2.24, 2.45) is 0 Å². The van der Waals surface area contributed by atoms with Crippen LogP contribution >= 0.6 is 0 Å². The summed E-state index contributed by atoms with van der Waals surface area (Å²) in [6.07, 6.45) is 5.73. The molecular weight excluding hydrogens is 472 g/mol. The van der Waals surface area contributed by atoms with Crippen LogP contribution in [0.4, 0.5) is 0 Å². The number of fused-ring (bicyclic) bond motifs is 6. The second-order valence-electron chi connectivity index (χ2n) is 10.7. The molecule has 0 fully saturated rings. The van der Waals surface area contributed by atoms with Crippen molar-refractivity contribution >= 4 is 38.8 Å². The zero-order valence-electron chi connectivity index (χ0n) is 21.9. The molecule has 0 spiro atoms. The molecule has 0 saturated heterocycles. The molecule has 2 nitrogen and oxygen atoms in total. The van der Waals surface area contributed by atoms with Crippen molar-refractivity contribution in [3.63, 3.8) is 0 Å². The van der Waals surface area contributed by atoms with Crippen LogP contribution in [0.2, 0.25) is 0 Å². The molecular formula is C37H28N2. The maximum absolute atomic E-state index is 2.44. The van der Waals surface area contributed by atoms with Gasteiger partial charge >= 0.3 is 0 Å². The lowest BCUT2D eigenvalue weighted by Gasteiger charge is -2.17. The minimum atomic E-state index is 0.516. The van der Waals surface area contributed by atoms with Gasteiger partial charge in [-0.1, -0.05) is 91.9 Å². The van der Waals surface area contributed by atoms with E-state index >= 15 is 0 Å². The Hall–Kier alpha value is -4.82. The third-order valence-electron chi connectivity index (χ3n) is 8.33. The molecule has 1 atom stereocenters. The fraction of sp³-hybridized carbons (Fsp3) is 0.0811. The van der Waals surface area contributed by atoms with Crippen molar-refractivity contribution in [3.05, 3.63) is 139 Å². The first-order valence-electron chi connectivity index (χ1n) is 13.8. The number of aromatic nitrogens is 2. The van der Waals surface area contributed by atoms with Gasteiger partial charge in [0.15, 0.2) is 0 Å². The molecule has 0 saturated carbocycles. The standard InChI is InChI=1S/C37H28N2/c1-25-11-8-22-36-37(25)32-18-4-7-21-35(32)39(36)29-15-10-13-27(24-29)26-12-9-14-28(23-26)38-33-19-5-2-16-30(33)31-17-3-6-20-34(31)38/h2-10,12-25H,11H2,1H3. The van der Waals surface area contributed by atoms with E-state index in [4.69, 9.17) is 0 Å². The highest BCUT2D eigenvalue weighted by Gasteiger charge is 2.22. The molecule has 0 N–H and O–H groups in total. The van der Waals surface area contributed by atoms with Crippen molar-refractivity contribution in [2.45, 2.75) is 19.3 Å². The Labute approximate surface area is 228 Å². The monoisotopic (exact) mass is 500 g/mol. The normalized spacial score (nSPS) is 14.8. The van der Waals surface area contributed by atoms with Gasteiger partial charge in [0, 0.05) is 33.2 Å². The fourth-order valence-corrected chi connectivity index (χ4v) is 6.60. The molecule has 7 aromatic rings. The second-order valence-corrected chi connectivity index (χ2v) is 10.7. The van der Waals surface area contributed by atoms with Crippen LogP contribution in [0.1, 0.15) is 30.5 Å².